The zero-order chi connectivity index (χ0) is 23.3. The number of nitrogens with zero attached hydrogens (tertiary/aromatic N) is 2. The highest BCUT2D eigenvalue weighted by Gasteiger charge is 2.32. The van der Waals surface area contributed by atoms with Crippen molar-refractivity contribution in [3.05, 3.63) is 107 Å². The van der Waals surface area contributed by atoms with Gasteiger partial charge in [0.1, 0.15) is 12.4 Å². The normalized spacial score (nSPS) is 18.4. The number of piperidine rings is 1. The summed E-state index contributed by atoms with van der Waals surface area (Å²) in [6.45, 7) is 2.27. The second-order valence-corrected chi connectivity index (χ2v) is 8.14. The first-order chi connectivity index (χ1) is 15.9. The number of alkyl halides is 3. The summed E-state index contributed by atoms with van der Waals surface area (Å²) in [4.78, 5) is 7.83. The van der Waals surface area contributed by atoms with E-state index in [4.69, 9.17) is 4.84 Å². The maximum atomic E-state index is 13.1. The topological polar surface area (TPSA) is 24.8 Å². The van der Waals surface area contributed by atoms with Gasteiger partial charge in [-0.05, 0) is 53.9 Å². The molecule has 0 saturated carbocycles. The Morgan fingerprint density at radius 3 is 2.24 bits per heavy atom. The monoisotopic (exact) mass is 456 g/mol. The summed E-state index contributed by atoms with van der Waals surface area (Å²) in [7, 11) is 0. The van der Waals surface area contributed by atoms with Crippen LogP contribution in [-0.4, -0.2) is 23.7 Å². The highest BCUT2D eigenvalue weighted by Crippen LogP contribution is 2.32. The lowest BCUT2D eigenvalue weighted by molar-refractivity contribution is -0.137. The van der Waals surface area contributed by atoms with Crippen LogP contribution in [0.3, 0.4) is 0 Å². The van der Waals surface area contributed by atoms with E-state index in [0.29, 0.717) is 6.54 Å². The molecule has 33 heavy (non-hydrogen) atoms. The van der Waals surface area contributed by atoms with Crippen molar-refractivity contribution in [1.82, 2.24) is 4.90 Å². The van der Waals surface area contributed by atoms with Crippen LogP contribution >= 0.6 is 0 Å². The number of benzene rings is 3. The predicted octanol–water partition coefficient (Wildman–Crippen LogP) is 6.41. The molecule has 0 bridgehead atoms. The average Bonchev–Trinajstić information content (AvgIpc) is 2.81. The van der Waals surface area contributed by atoms with Gasteiger partial charge in [-0.1, -0.05) is 59.8 Å². The first kappa shape index (κ1) is 23.0. The van der Waals surface area contributed by atoms with Gasteiger partial charge in [0.25, 0.3) is 0 Å². The van der Waals surface area contributed by atoms with Crippen molar-refractivity contribution in [2.45, 2.75) is 31.7 Å². The minimum absolute atomic E-state index is 0.132. The van der Waals surface area contributed by atoms with Crippen LogP contribution in [0.4, 0.5) is 17.6 Å². The molecule has 0 amide bonds. The minimum Gasteiger partial charge on any atom is -0.391 e. The molecule has 0 radical (unpaired) electrons. The average molecular weight is 456 g/mol. The fourth-order valence-electron chi connectivity index (χ4n) is 4.00. The summed E-state index contributed by atoms with van der Waals surface area (Å²) in [6, 6.07) is 21.3. The van der Waals surface area contributed by atoms with E-state index in [1.807, 2.05) is 18.2 Å². The Hall–Kier alpha value is -3.19. The lowest BCUT2D eigenvalue weighted by Crippen LogP contribution is -2.39. The second kappa shape index (κ2) is 10.2. The summed E-state index contributed by atoms with van der Waals surface area (Å²) in [5, 5.41) is 4.38. The van der Waals surface area contributed by atoms with Crippen molar-refractivity contribution in [2.24, 2.45) is 5.16 Å². The molecule has 1 heterocycles. The quantitative estimate of drug-likeness (QED) is 0.316. The number of likely N-dealkylation sites (tertiary alicyclic amines) is 1. The highest BCUT2D eigenvalue weighted by molar-refractivity contribution is 5.93. The van der Waals surface area contributed by atoms with Gasteiger partial charge in [0, 0.05) is 19.0 Å². The van der Waals surface area contributed by atoms with E-state index in [2.05, 4.69) is 22.2 Å². The smallest absolute Gasteiger partial charge is 0.391 e. The SMILES string of the molecule is Fc1ccc(CO/N=C2\CN(Cc3ccccc3)CCC2c2ccc(C(F)(F)F)cc2)cc1. The largest absolute Gasteiger partial charge is 0.416 e. The molecule has 0 aromatic heterocycles. The van der Waals surface area contributed by atoms with Gasteiger partial charge in [0.2, 0.25) is 0 Å². The Labute approximate surface area is 190 Å². The third kappa shape index (κ3) is 6.20. The predicted molar refractivity (Wildman–Crippen MR) is 119 cm³/mol. The molecule has 7 heteroatoms. The molecule has 0 spiro atoms. The van der Waals surface area contributed by atoms with Gasteiger partial charge in [-0.25, -0.2) is 4.39 Å². The molecule has 1 atom stereocenters. The van der Waals surface area contributed by atoms with Gasteiger partial charge in [0.15, 0.2) is 0 Å². The van der Waals surface area contributed by atoms with Crippen molar-refractivity contribution >= 4 is 5.71 Å². The summed E-state index contributed by atoms with van der Waals surface area (Å²) < 4.78 is 52.0. The van der Waals surface area contributed by atoms with Crippen LogP contribution in [0.1, 0.15) is 34.6 Å². The van der Waals surface area contributed by atoms with Crippen LogP contribution in [0.2, 0.25) is 0 Å². The molecule has 1 unspecified atom stereocenters. The van der Waals surface area contributed by atoms with Crippen molar-refractivity contribution in [3.8, 4) is 0 Å². The number of halogens is 4. The van der Waals surface area contributed by atoms with Crippen LogP contribution in [0.25, 0.3) is 0 Å². The van der Waals surface area contributed by atoms with Crippen molar-refractivity contribution in [1.29, 1.82) is 0 Å². The number of oxime groups is 1. The Balaban J connectivity index is 1.51. The minimum atomic E-state index is -4.37. The summed E-state index contributed by atoms with van der Waals surface area (Å²) >= 11 is 0. The van der Waals surface area contributed by atoms with Gasteiger partial charge in [0.05, 0.1) is 11.3 Å². The lowest BCUT2D eigenvalue weighted by Gasteiger charge is -2.33. The Kier molecular flexibility index (Phi) is 7.08. The van der Waals surface area contributed by atoms with Crippen LogP contribution in [0.15, 0.2) is 84.0 Å². The van der Waals surface area contributed by atoms with E-state index in [-0.39, 0.29) is 18.3 Å². The zero-order valence-corrected chi connectivity index (χ0v) is 17.9. The van der Waals surface area contributed by atoms with Crippen molar-refractivity contribution < 1.29 is 22.4 Å². The van der Waals surface area contributed by atoms with E-state index >= 15 is 0 Å². The van der Waals surface area contributed by atoms with E-state index in [1.165, 1.54) is 29.8 Å². The van der Waals surface area contributed by atoms with E-state index < -0.39 is 11.7 Å². The summed E-state index contributed by atoms with van der Waals surface area (Å²) in [5.74, 6) is -0.455. The first-order valence-electron chi connectivity index (χ1n) is 10.7. The molecule has 0 N–H and O–H groups in total. The van der Waals surface area contributed by atoms with Gasteiger partial charge < -0.3 is 4.84 Å². The molecular weight excluding hydrogens is 432 g/mol. The Morgan fingerprint density at radius 2 is 1.58 bits per heavy atom. The van der Waals surface area contributed by atoms with Crippen LogP contribution < -0.4 is 0 Å². The van der Waals surface area contributed by atoms with E-state index in [0.717, 1.165) is 48.5 Å². The highest BCUT2D eigenvalue weighted by atomic mass is 19.4. The summed E-state index contributed by atoms with van der Waals surface area (Å²) in [5.41, 5.74) is 2.84. The van der Waals surface area contributed by atoms with Crippen LogP contribution in [-0.2, 0) is 24.2 Å². The third-order valence-electron chi connectivity index (χ3n) is 5.74. The van der Waals surface area contributed by atoms with Crippen molar-refractivity contribution in [3.63, 3.8) is 0 Å². The standard InChI is InChI=1S/C26H24F4N2O/c27-23-12-6-20(7-13-23)18-33-31-25-17-32(16-19-4-2-1-3-5-19)15-14-24(25)21-8-10-22(11-9-21)26(28,29)30/h1-13,24H,14-18H2/b31-25+. The molecule has 3 aromatic rings. The summed E-state index contributed by atoms with van der Waals surface area (Å²) in [6.07, 6.45) is -3.65. The molecule has 0 aliphatic carbocycles. The maximum absolute atomic E-state index is 13.1. The molecule has 1 aliphatic heterocycles. The fraction of sp³-hybridized carbons (Fsp3) is 0.269. The van der Waals surface area contributed by atoms with Crippen LogP contribution in [0.5, 0.6) is 0 Å². The van der Waals surface area contributed by atoms with E-state index in [1.54, 1.807) is 12.1 Å². The van der Waals surface area contributed by atoms with Gasteiger partial charge in [-0.15, -0.1) is 0 Å². The number of rotatable bonds is 6. The number of hydrogen-bond acceptors (Lipinski definition) is 3. The fourth-order valence-corrected chi connectivity index (χ4v) is 4.00. The lowest BCUT2D eigenvalue weighted by atomic mass is 9.87. The van der Waals surface area contributed by atoms with Gasteiger partial charge >= 0.3 is 6.18 Å². The van der Waals surface area contributed by atoms with Crippen LogP contribution in [0, 0.1) is 5.82 Å². The van der Waals surface area contributed by atoms with Crippen molar-refractivity contribution in [2.75, 3.05) is 13.1 Å². The molecule has 1 fully saturated rings. The zero-order valence-electron chi connectivity index (χ0n) is 17.9. The second-order valence-electron chi connectivity index (χ2n) is 8.14. The first-order valence-corrected chi connectivity index (χ1v) is 10.7. The number of hydrogen-bond donors (Lipinski definition) is 0. The molecule has 1 aliphatic rings. The van der Waals surface area contributed by atoms with Gasteiger partial charge in [-0.2, -0.15) is 13.2 Å². The molecule has 3 nitrogen and oxygen atoms in total. The Morgan fingerprint density at radius 1 is 0.879 bits per heavy atom. The maximum Gasteiger partial charge on any atom is 0.416 e. The Bertz CT molecular complexity index is 1060. The molecule has 172 valence electrons. The van der Waals surface area contributed by atoms with E-state index in [9.17, 15) is 17.6 Å². The molecule has 4 rings (SSSR count). The third-order valence-corrected chi connectivity index (χ3v) is 5.74. The molecular formula is C26H24F4N2O. The molecule has 3 aromatic carbocycles. The molecule has 1 saturated heterocycles. The van der Waals surface area contributed by atoms with Gasteiger partial charge in [-0.3, -0.25) is 4.90 Å².